The van der Waals surface area contributed by atoms with Crippen LogP contribution in [-0.4, -0.2) is 41.7 Å². The molecule has 3 fully saturated rings. The van der Waals surface area contributed by atoms with Crippen LogP contribution in [0.5, 0.6) is 0 Å². The average molecular weight is 264 g/mol. The van der Waals surface area contributed by atoms with Gasteiger partial charge in [0.15, 0.2) is 0 Å². The highest BCUT2D eigenvalue weighted by atomic mass is 19.1. The molecule has 2 N–H and O–H groups in total. The predicted octanol–water partition coefficient (Wildman–Crippen LogP) is 2.03. The maximum absolute atomic E-state index is 13.9. The molecule has 1 aromatic carbocycles. The second-order valence-electron chi connectivity index (χ2n) is 5.39. The van der Waals surface area contributed by atoms with Gasteiger partial charge in [0.1, 0.15) is 5.82 Å². The molecule has 3 aliphatic rings. The molecule has 4 rings (SSSR count). The van der Waals surface area contributed by atoms with E-state index in [0.717, 1.165) is 38.5 Å². The number of piperidine rings is 3. The van der Waals surface area contributed by atoms with E-state index in [4.69, 9.17) is 5.11 Å². The first-order valence-corrected chi connectivity index (χ1v) is 6.65. The minimum absolute atomic E-state index is 0.0167. The number of nitrogens with zero attached hydrogens (tertiary/aromatic N) is 1. The summed E-state index contributed by atoms with van der Waals surface area (Å²) in [6.07, 6.45) is 2.32. The summed E-state index contributed by atoms with van der Waals surface area (Å²) < 4.78 is 13.9. The number of anilines is 1. The summed E-state index contributed by atoms with van der Waals surface area (Å²) in [6, 6.07) is 4.31. The van der Waals surface area contributed by atoms with E-state index < -0.39 is 11.8 Å². The Kier molecular flexibility index (Phi) is 3.14. The number of fused-ring (bicyclic) bond motifs is 3. The van der Waals surface area contributed by atoms with E-state index in [1.165, 1.54) is 12.1 Å². The smallest absolute Gasteiger partial charge is 0.335 e. The minimum atomic E-state index is -1.10. The van der Waals surface area contributed by atoms with E-state index in [0.29, 0.717) is 11.6 Å². The zero-order valence-electron chi connectivity index (χ0n) is 10.6. The van der Waals surface area contributed by atoms with Gasteiger partial charge >= 0.3 is 5.97 Å². The third kappa shape index (κ3) is 2.42. The van der Waals surface area contributed by atoms with E-state index in [1.807, 2.05) is 0 Å². The number of aromatic carboxylic acids is 1. The quantitative estimate of drug-likeness (QED) is 0.877. The first-order chi connectivity index (χ1) is 9.13. The highest BCUT2D eigenvalue weighted by molar-refractivity contribution is 5.88. The van der Waals surface area contributed by atoms with Crippen molar-refractivity contribution in [2.45, 2.75) is 18.9 Å². The molecule has 102 valence electrons. The molecular weight excluding hydrogens is 247 g/mol. The highest BCUT2D eigenvalue weighted by Crippen LogP contribution is 2.30. The lowest BCUT2D eigenvalue weighted by Crippen LogP contribution is -2.53. The van der Waals surface area contributed by atoms with E-state index in [-0.39, 0.29) is 11.6 Å². The Balaban J connectivity index is 1.75. The molecule has 5 heteroatoms. The summed E-state index contributed by atoms with van der Waals surface area (Å²) in [5, 5.41) is 12.1. The standard InChI is InChI=1S/C14H17FN2O2/c15-11-7-10(14(18)19)1-2-12(11)16-13-8-17-5-3-9(13)4-6-17/h1-2,7,9,13,16H,3-6,8H2,(H,18,19). The van der Waals surface area contributed by atoms with Crippen molar-refractivity contribution in [2.24, 2.45) is 5.92 Å². The maximum Gasteiger partial charge on any atom is 0.335 e. The van der Waals surface area contributed by atoms with Gasteiger partial charge in [-0.15, -0.1) is 0 Å². The predicted molar refractivity (Wildman–Crippen MR) is 69.9 cm³/mol. The first-order valence-electron chi connectivity index (χ1n) is 6.65. The molecule has 0 aromatic heterocycles. The van der Waals surface area contributed by atoms with Crippen LogP contribution in [0.3, 0.4) is 0 Å². The Labute approximate surface area is 111 Å². The van der Waals surface area contributed by atoms with Gasteiger partial charge in [0.05, 0.1) is 11.3 Å². The van der Waals surface area contributed by atoms with Crippen LogP contribution < -0.4 is 5.32 Å². The van der Waals surface area contributed by atoms with Crippen molar-refractivity contribution in [2.75, 3.05) is 25.0 Å². The fraction of sp³-hybridized carbons (Fsp3) is 0.500. The largest absolute Gasteiger partial charge is 0.478 e. The first kappa shape index (κ1) is 12.4. The van der Waals surface area contributed by atoms with Crippen LogP contribution in [0.15, 0.2) is 18.2 Å². The van der Waals surface area contributed by atoms with Crippen molar-refractivity contribution in [1.29, 1.82) is 0 Å². The van der Waals surface area contributed by atoms with Gasteiger partial charge in [-0.25, -0.2) is 9.18 Å². The van der Waals surface area contributed by atoms with E-state index >= 15 is 0 Å². The van der Waals surface area contributed by atoms with E-state index in [1.54, 1.807) is 0 Å². The number of benzene rings is 1. The monoisotopic (exact) mass is 264 g/mol. The summed E-state index contributed by atoms with van der Waals surface area (Å²) in [6.45, 7) is 3.23. The Morgan fingerprint density at radius 2 is 2.11 bits per heavy atom. The number of halogens is 1. The number of rotatable bonds is 3. The Hall–Kier alpha value is -1.62. The molecule has 0 aliphatic carbocycles. The lowest BCUT2D eigenvalue weighted by molar-refractivity contribution is 0.0696. The fourth-order valence-electron chi connectivity index (χ4n) is 3.09. The molecular formula is C14H17FN2O2. The topological polar surface area (TPSA) is 52.6 Å². The van der Waals surface area contributed by atoms with Gasteiger partial charge in [0.25, 0.3) is 0 Å². The van der Waals surface area contributed by atoms with Crippen molar-refractivity contribution >= 4 is 11.7 Å². The maximum atomic E-state index is 13.9. The molecule has 1 atom stereocenters. The van der Waals surface area contributed by atoms with Crippen molar-refractivity contribution < 1.29 is 14.3 Å². The molecule has 3 saturated heterocycles. The van der Waals surface area contributed by atoms with Crippen LogP contribution in [0.2, 0.25) is 0 Å². The Bertz CT molecular complexity index is 498. The van der Waals surface area contributed by atoms with Crippen LogP contribution in [-0.2, 0) is 0 Å². The summed E-state index contributed by atoms with van der Waals surface area (Å²) in [5.74, 6) is -0.992. The van der Waals surface area contributed by atoms with Crippen LogP contribution >= 0.6 is 0 Å². The average Bonchev–Trinajstić information content (AvgIpc) is 2.42. The number of carboxylic acids is 1. The van der Waals surface area contributed by atoms with Crippen LogP contribution in [0.4, 0.5) is 10.1 Å². The third-order valence-corrected chi connectivity index (χ3v) is 4.21. The molecule has 0 amide bonds. The van der Waals surface area contributed by atoms with Crippen molar-refractivity contribution in [3.63, 3.8) is 0 Å². The molecule has 0 saturated carbocycles. The molecule has 3 heterocycles. The second-order valence-corrected chi connectivity index (χ2v) is 5.39. The lowest BCUT2D eigenvalue weighted by atomic mass is 9.84. The molecule has 1 unspecified atom stereocenters. The van der Waals surface area contributed by atoms with Gasteiger partial charge in [-0.2, -0.15) is 0 Å². The molecule has 4 nitrogen and oxygen atoms in total. The minimum Gasteiger partial charge on any atom is -0.478 e. The van der Waals surface area contributed by atoms with Gasteiger partial charge in [-0.1, -0.05) is 0 Å². The fourth-order valence-corrected chi connectivity index (χ4v) is 3.09. The molecule has 19 heavy (non-hydrogen) atoms. The molecule has 0 spiro atoms. The molecule has 1 aromatic rings. The zero-order valence-corrected chi connectivity index (χ0v) is 10.6. The van der Waals surface area contributed by atoms with Crippen molar-refractivity contribution in [1.82, 2.24) is 4.90 Å². The third-order valence-electron chi connectivity index (χ3n) is 4.21. The highest BCUT2D eigenvalue weighted by Gasteiger charge is 2.34. The van der Waals surface area contributed by atoms with E-state index in [9.17, 15) is 9.18 Å². The normalized spacial score (nSPS) is 29.2. The molecule has 2 bridgehead atoms. The number of nitrogens with one attached hydrogen (secondary N) is 1. The van der Waals surface area contributed by atoms with Crippen LogP contribution in [0, 0.1) is 11.7 Å². The Morgan fingerprint density at radius 1 is 1.37 bits per heavy atom. The molecule has 0 radical (unpaired) electrons. The van der Waals surface area contributed by atoms with Crippen molar-refractivity contribution in [3.8, 4) is 0 Å². The van der Waals surface area contributed by atoms with Gasteiger partial charge in [0, 0.05) is 12.6 Å². The van der Waals surface area contributed by atoms with Crippen molar-refractivity contribution in [3.05, 3.63) is 29.6 Å². The van der Waals surface area contributed by atoms with Crippen LogP contribution in [0.25, 0.3) is 0 Å². The summed E-state index contributed by atoms with van der Waals surface area (Å²) >= 11 is 0. The molecule has 3 aliphatic heterocycles. The van der Waals surface area contributed by atoms with Gasteiger partial charge in [-0.3, -0.25) is 0 Å². The summed E-state index contributed by atoms with van der Waals surface area (Å²) in [4.78, 5) is 13.2. The van der Waals surface area contributed by atoms with Gasteiger partial charge < -0.3 is 15.3 Å². The number of carbonyl (C=O) groups is 1. The second kappa shape index (κ2) is 4.81. The van der Waals surface area contributed by atoms with Gasteiger partial charge in [0.2, 0.25) is 0 Å². The van der Waals surface area contributed by atoms with Gasteiger partial charge in [-0.05, 0) is 50.0 Å². The van der Waals surface area contributed by atoms with E-state index in [2.05, 4.69) is 10.2 Å². The lowest BCUT2D eigenvalue weighted by Gasteiger charge is -2.45. The number of carboxylic acid groups (broad SMARTS) is 1. The number of hydrogen-bond acceptors (Lipinski definition) is 3. The summed E-state index contributed by atoms with van der Waals surface area (Å²) in [7, 11) is 0. The van der Waals surface area contributed by atoms with Crippen LogP contribution in [0.1, 0.15) is 23.2 Å². The SMILES string of the molecule is O=C(O)c1ccc(NC2CN3CCC2CC3)c(F)c1. The Morgan fingerprint density at radius 3 is 2.63 bits per heavy atom. The number of hydrogen-bond donors (Lipinski definition) is 2. The zero-order chi connectivity index (χ0) is 13.4. The summed E-state index contributed by atoms with van der Waals surface area (Å²) in [5.41, 5.74) is 0.390.